The van der Waals surface area contributed by atoms with Crippen LogP contribution in [0.25, 0.3) is 0 Å². The molecule has 0 radical (unpaired) electrons. The fraction of sp³-hybridized carbons (Fsp3) is 0.981. The van der Waals surface area contributed by atoms with Gasteiger partial charge in [0.1, 0.15) is 0 Å². The van der Waals surface area contributed by atoms with E-state index in [2.05, 4.69) is 34.9 Å². The lowest BCUT2D eigenvalue weighted by Crippen LogP contribution is -2.41. The number of carboxylic acids is 1. The maximum absolute atomic E-state index is 10.2. The van der Waals surface area contributed by atoms with Gasteiger partial charge >= 0.3 is 0 Å². The monoisotopic (exact) mass is 778 g/mol. The Kier molecular flexibility index (Phi) is 51.0. The average molecular weight is 778 g/mol. The summed E-state index contributed by atoms with van der Waals surface area (Å²) >= 11 is 0. The molecule has 0 saturated heterocycles. The van der Waals surface area contributed by atoms with Crippen LogP contribution in [0.3, 0.4) is 0 Å². The van der Waals surface area contributed by atoms with Crippen molar-refractivity contribution in [3.05, 3.63) is 0 Å². The molecule has 0 atom stereocenters. The van der Waals surface area contributed by atoms with Crippen molar-refractivity contribution in [2.45, 2.75) is 303 Å². The Bertz CT molecular complexity index is 657. The second-order valence-corrected chi connectivity index (χ2v) is 18.6. The summed E-state index contributed by atoms with van der Waals surface area (Å²) in [5.41, 5.74) is 0. The fourth-order valence-electron chi connectivity index (χ4n) is 8.22. The predicted octanol–water partition coefficient (Wildman–Crippen LogP) is 17.0. The molecule has 0 heterocycles. The Morgan fingerprint density at radius 3 is 0.636 bits per heavy atom. The topological polar surface area (TPSA) is 40.1 Å². The summed E-state index contributed by atoms with van der Waals surface area (Å²) in [5, 5.41) is 10.2. The van der Waals surface area contributed by atoms with E-state index >= 15 is 0 Å². The van der Waals surface area contributed by atoms with E-state index in [4.69, 9.17) is 0 Å². The van der Waals surface area contributed by atoms with Crippen LogP contribution in [0, 0.1) is 0 Å². The zero-order chi connectivity index (χ0) is 40.6. The first kappa shape index (κ1) is 56.5. The number of hydrogen-bond donors (Lipinski definition) is 0. The predicted molar refractivity (Wildman–Crippen MR) is 247 cm³/mol. The molecule has 0 fully saturated rings. The van der Waals surface area contributed by atoms with Crippen LogP contribution in [0.1, 0.15) is 303 Å². The van der Waals surface area contributed by atoms with Gasteiger partial charge in [-0.15, -0.1) is 0 Å². The molecular weight excluding hydrogens is 671 g/mol. The molecule has 0 bridgehead atoms. The van der Waals surface area contributed by atoms with Crippen LogP contribution in [0.4, 0.5) is 0 Å². The number of carbonyl (C=O) groups is 1. The van der Waals surface area contributed by atoms with E-state index in [1.54, 1.807) is 0 Å². The van der Waals surface area contributed by atoms with Crippen molar-refractivity contribution in [1.29, 1.82) is 0 Å². The van der Waals surface area contributed by atoms with Crippen LogP contribution >= 0.6 is 0 Å². The Balaban J connectivity index is 0. The smallest absolute Gasteiger partial charge is 0.0782 e. The highest BCUT2D eigenvalue weighted by Crippen LogP contribution is 2.17. The van der Waals surface area contributed by atoms with Gasteiger partial charge in [0.2, 0.25) is 0 Å². The van der Waals surface area contributed by atoms with E-state index in [-0.39, 0.29) is 6.42 Å². The third kappa shape index (κ3) is 55.6. The molecule has 0 aromatic rings. The molecular formula is C52H107NO2. The molecule has 0 aromatic heterocycles. The molecule has 0 aliphatic carbocycles. The molecule has 0 spiro atoms. The van der Waals surface area contributed by atoms with E-state index in [9.17, 15) is 9.90 Å². The van der Waals surface area contributed by atoms with Crippen LogP contribution in [-0.4, -0.2) is 37.6 Å². The number of nitrogens with zero attached hydrogens (tertiary/aromatic N) is 1. The van der Waals surface area contributed by atoms with Crippen LogP contribution in [0.5, 0.6) is 0 Å². The van der Waals surface area contributed by atoms with Gasteiger partial charge in [-0.3, -0.25) is 0 Å². The van der Waals surface area contributed by atoms with E-state index in [1.165, 1.54) is 281 Å². The normalized spacial score (nSPS) is 11.6. The number of aliphatic carboxylic acids is 1. The number of carboxylic acid groups (broad SMARTS) is 1. The van der Waals surface area contributed by atoms with Crippen molar-refractivity contribution in [3.8, 4) is 0 Å². The molecule has 55 heavy (non-hydrogen) atoms. The minimum Gasteiger partial charge on any atom is -0.550 e. The lowest BCUT2D eigenvalue weighted by atomic mass is 10.0. The first-order chi connectivity index (χ1) is 26.9. The number of quaternary nitrogens is 1. The van der Waals surface area contributed by atoms with Crippen molar-refractivity contribution >= 4 is 5.97 Å². The number of hydrogen-bond acceptors (Lipinski definition) is 2. The molecule has 0 aliphatic rings. The first-order valence-electron chi connectivity index (χ1n) is 25.9. The van der Waals surface area contributed by atoms with Crippen LogP contribution in [0.15, 0.2) is 0 Å². The number of carbonyl (C=O) groups excluding carboxylic acids is 1. The molecule has 0 unspecified atom stereocenters. The van der Waals surface area contributed by atoms with Gasteiger partial charge in [0.25, 0.3) is 0 Å². The van der Waals surface area contributed by atoms with Crippen molar-refractivity contribution in [1.82, 2.24) is 0 Å². The largest absolute Gasteiger partial charge is 0.550 e. The Morgan fingerprint density at radius 2 is 0.455 bits per heavy atom. The lowest BCUT2D eigenvalue weighted by molar-refractivity contribution is -0.890. The third-order valence-corrected chi connectivity index (χ3v) is 12.2. The van der Waals surface area contributed by atoms with E-state index in [0.717, 1.165) is 12.8 Å². The highest BCUT2D eigenvalue weighted by atomic mass is 16.4. The molecule has 0 aromatic carbocycles. The minimum atomic E-state index is -0.903. The second kappa shape index (κ2) is 49.6. The molecule has 0 rings (SSSR count). The quantitative estimate of drug-likeness (QED) is 0.0456. The van der Waals surface area contributed by atoms with Gasteiger partial charge in [-0.25, -0.2) is 0 Å². The SMILES string of the molecule is CCCCCCCCCCCCCCCCCC(=O)[O-].CCCCCCCCCCCCCCCC[N+](C)(C)CCCCCCCCCCCCCCCC. The molecule has 332 valence electrons. The lowest BCUT2D eigenvalue weighted by Gasteiger charge is -2.30. The summed E-state index contributed by atoms with van der Waals surface area (Å²) in [6.07, 6.45) is 60.8. The zero-order valence-corrected chi connectivity index (χ0v) is 39.3. The van der Waals surface area contributed by atoms with Gasteiger partial charge in [-0.2, -0.15) is 0 Å². The molecule has 0 saturated carbocycles. The van der Waals surface area contributed by atoms with Crippen molar-refractivity contribution in [3.63, 3.8) is 0 Å². The van der Waals surface area contributed by atoms with Gasteiger partial charge in [0.05, 0.1) is 27.2 Å². The summed E-state index contributed by atoms with van der Waals surface area (Å²) in [5.74, 6) is -0.903. The van der Waals surface area contributed by atoms with Crippen molar-refractivity contribution in [2.24, 2.45) is 0 Å². The van der Waals surface area contributed by atoms with E-state index < -0.39 is 5.97 Å². The Labute approximate surface area is 349 Å². The molecule has 0 aliphatic heterocycles. The van der Waals surface area contributed by atoms with Crippen molar-refractivity contribution < 1.29 is 14.4 Å². The highest BCUT2D eigenvalue weighted by Gasteiger charge is 2.13. The Hall–Kier alpha value is -0.570. The average Bonchev–Trinajstić information content (AvgIpc) is 3.16. The molecule has 3 nitrogen and oxygen atoms in total. The first-order valence-corrected chi connectivity index (χ1v) is 25.9. The molecule has 3 heteroatoms. The maximum atomic E-state index is 10.2. The van der Waals surface area contributed by atoms with Crippen LogP contribution < -0.4 is 5.11 Å². The zero-order valence-electron chi connectivity index (χ0n) is 39.3. The second-order valence-electron chi connectivity index (χ2n) is 18.6. The minimum absolute atomic E-state index is 0.234. The summed E-state index contributed by atoms with van der Waals surface area (Å²) in [6, 6.07) is 0. The highest BCUT2D eigenvalue weighted by molar-refractivity contribution is 5.64. The summed E-state index contributed by atoms with van der Waals surface area (Å²) < 4.78 is 1.25. The van der Waals surface area contributed by atoms with E-state index in [0.29, 0.717) is 0 Å². The Morgan fingerprint density at radius 1 is 0.291 bits per heavy atom. The summed E-state index contributed by atoms with van der Waals surface area (Å²) in [7, 11) is 4.93. The van der Waals surface area contributed by atoms with Gasteiger partial charge in [-0.05, 0) is 38.5 Å². The van der Waals surface area contributed by atoms with Gasteiger partial charge in [-0.1, -0.05) is 265 Å². The fourth-order valence-corrected chi connectivity index (χ4v) is 8.22. The van der Waals surface area contributed by atoms with Gasteiger partial charge in [0, 0.05) is 5.97 Å². The third-order valence-electron chi connectivity index (χ3n) is 12.2. The van der Waals surface area contributed by atoms with E-state index in [1.807, 2.05) is 0 Å². The maximum Gasteiger partial charge on any atom is 0.0782 e. The summed E-state index contributed by atoms with van der Waals surface area (Å²) in [6.45, 7) is 9.65. The molecule has 0 N–H and O–H groups in total. The van der Waals surface area contributed by atoms with Crippen LogP contribution in [-0.2, 0) is 4.79 Å². The number of rotatable bonds is 46. The number of unbranched alkanes of at least 4 members (excludes halogenated alkanes) is 40. The standard InChI is InChI=1S/C34H72N.C18H36O2/c1-5-7-9-11-13-15-17-19-21-23-25-27-29-31-33-35(3,4)34-32-30-28-26-24-22-20-18-16-14-12-10-8-6-2;1-2-3-4-5-6-7-8-9-10-11-12-13-14-15-16-17-18(19)20/h5-34H2,1-4H3;2-17H2,1H3,(H,19,20)/q+1;/p-1. The molecule has 0 amide bonds. The van der Waals surface area contributed by atoms with Gasteiger partial charge in [0.15, 0.2) is 0 Å². The van der Waals surface area contributed by atoms with Gasteiger partial charge < -0.3 is 14.4 Å². The van der Waals surface area contributed by atoms with Crippen LogP contribution in [0.2, 0.25) is 0 Å². The summed E-state index contributed by atoms with van der Waals surface area (Å²) in [4.78, 5) is 10.2. The van der Waals surface area contributed by atoms with Crippen molar-refractivity contribution in [2.75, 3.05) is 27.2 Å².